The van der Waals surface area contributed by atoms with Crippen molar-refractivity contribution in [3.05, 3.63) is 59.2 Å². The summed E-state index contributed by atoms with van der Waals surface area (Å²) in [4.78, 5) is 12.9. The van der Waals surface area contributed by atoms with Gasteiger partial charge in [-0.1, -0.05) is 31.2 Å². The lowest BCUT2D eigenvalue weighted by atomic mass is 10.1. The first-order valence-corrected chi connectivity index (χ1v) is 11.5. The third-order valence-corrected chi connectivity index (χ3v) is 5.97. The molecule has 0 aromatic heterocycles. The van der Waals surface area contributed by atoms with E-state index in [0.717, 1.165) is 28.7 Å². The van der Waals surface area contributed by atoms with Crippen molar-refractivity contribution in [3.63, 3.8) is 0 Å². The molecular weight excluding hydrogens is 388 g/mol. The van der Waals surface area contributed by atoms with E-state index in [1.54, 1.807) is 7.11 Å². The van der Waals surface area contributed by atoms with E-state index in [9.17, 15) is 13.2 Å². The van der Waals surface area contributed by atoms with Crippen LogP contribution in [0.4, 0.5) is 5.69 Å². The number of benzene rings is 2. The highest BCUT2D eigenvalue weighted by Crippen LogP contribution is 2.27. The summed E-state index contributed by atoms with van der Waals surface area (Å²) in [7, 11) is -2.03. The van der Waals surface area contributed by atoms with E-state index in [0.29, 0.717) is 25.1 Å². The van der Waals surface area contributed by atoms with Crippen LogP contribution in [-0.2, 0) is 21.2 Å². The van der Waals surface area contributed by atoms with Crippen LogP contribution in [0.25, 0.3) is 0 Å². The molecule has 1 amide bonds. The Bertz CT molecular complexity index is 940. The highest BCUT2D eigenvalue weighted by atomic mass is 32.2. The molecule has 0 saturated carbocycles. The van der Waals surface area contributed by atoms with Gasteiger partial charge in [-0.3, -0.25) is 9.10 Å². The number of aryl methyl sites for hydroxylation is 2. The number of rotatable bonds is 9. The lowest BCUT2D eigenvalue weighted by molar-refractivity contribution is -0.122. The Hall–Kier alpha value is -2.54. The summed E-state index contributed by atoms with van der Waals surface area (Å²) in [6.07, 6.45) is 2.16. The Morgan fingerprint density at radius 3 is 2.34 bits per heavy atom. The van der Waals surface area contributed by atoms with Gasteiger partial charge in [0.05, 0.1) is 19.1 Å². The molecule has 0 radical (unpaired) electrons. The molecule has 6 nitrogen and oxygen atoms in total. The van der Waals surface area contributed by atoms with Gasteiger partial charge in [0, 0.05) is 6.54 Å². The Balaban J connectivity index is 2.16. The van der Waals surface area contributed by atoms with E-state index in [1.165, 1.54) is 4.31 Å². The van der Waals surface area contributed by atoms with Crippen molar-refractivity contribution in [3.8, 4) is 5.75 Å². The fourth-order valence-corrected chi connectivity index (χ4v) is 4.49. The number of methoxy groups -OCH3 is 1. The molecule has 0 aliphatic rings. The minimum atomic E-state index is -3.64. The number of nitrogens with zero attached hydrogens (tertiary/aromatic N) is 1. The van der Waals surface area contributed by atoms with E-state index in [-0.39, 0.29) is 5.91 Å². The molecule has 0 heterocycles. The zero-order valence-corrected chi connectivity index (χ0v) is 18.5. The number of ether oxygens (including phenoxy) is 1. The maximum absolute atomic E-state index is 12.9. The second kappa shape index (κ2) is 9.78. The predicted molar refractivity (Wildman–Crippen MR) is 117 cm³/mol. The second-order valence-electron chi connectivity index (χ2n) is 7.16. The van der Waals surface area contributed by atoms with Crippen LogP contribution in [0.3, 0.4) is 0 Å². The summed E-state index contributed by atoms with van der Waals surface area (Å²) in [5.41, 5.74) is 3.36. The standard InChI is InChI=1S/C22H30N2O4S/c1-6-20(22(25)23-14-13-18-9-11-19(28-4)12-10-18)24(29(5,26)27)21-15-16(2)7-8-17(21)3/h7-12,15,20H,6,13-14H2,1-5H3,(H,23,25)/t20-/m1/s1. The van der Waals surface area contributed by atoms with Gasteiger partial charge < -0.3 is 10.1 Å². The molecule has 2 aromatic rings. The summed E-state index contributed by atoms with van der Waals surface area (Å²) in [5, 5.41) is 2.89. The lowest BCUT2D eigenvalue weighted by Gasteiger charge is -2.31. The number of carbonyl (C=O) groups is 1. The smallest absolute Gasteiger partial charge is 0.243 e. The van der Waals surface area contributed by atoms with Crippen LogP contribution in [0.15, 0.2) is 42.5 Å². The van der Waals surface area contributed by atoms with Crippen LogP contribution in [-0.4, -0.2) is 40.3 Å². The zero-order chi connectivity index (χ0) is 21.6. The summed E-state index contributed by atoms with van der Waals surface area (Å²) < 4.78 is 31.6. The summed E-state index contributed by atoms with van der Waals surface area (Å²) in [6.45, 7) is 5.99. The van der Waals surface area contributed by atoms with Crippen LogP contribution in [0.2, 0.25) is 0 Å². The second-order valence-corrected chi connectivity index (χ2v) is 9.02. The topological polar surface area (TPSA) is 75.7 Å². The molecule has 0 bridgehead atoms. The molecule has 2 aromatic carbocycles. The van der Waals surface area contributed by atoms with Crippen molar-refractivity contribution in [2.45, 2.75) is 39.7 Å². The van der Waals surface area contributed by atoms with Crippen molar-refractivity contribution in [2.24, 2.45) is 0 Å². The molecule has 0 spiro atoms. The SMILES string of the molecule is CC[C@H](C(=O)NCCc1ccc(OC)cc1)N(c1cc(C)ccc1C)S(C)(=O)=O. The Labute approximate surface area is 173 Å². The van der Waals surface area contributed by atoms with Crippen LogP contribution in [0.1, 0.15) is 30.0 Å². The van der Waals surface area contributed by atoms with Crippen molar-refractivity contribution in [1.82, 2.24) is 5.32 Å². The normalized spacial score (nSPS) is 12.3. The van der Waals surface area contributed by atoms with Crippen LogP contribution in [0.5, 0.6) is 5.75 Å². The molecule has 0 aliphatic carbocycles. The van der Waals surface area contributed by atoms with E-state index in [1.807, 2.05) is 63.2 Å². The summed E-state index contributed by atoms with van der Waals surface area (Å²) in [6, 6.07) is 12.4. The van der Waals surface area contributed by atoms with Gasteiger partial charge in [0.25, 0.3) is 0 Å². The first-order valence-electron chi connectivity index (χ1n) is 9.64. The quantitative estimate of drug-likeness (QED) is 0.678. The molecule has 1 atom stereocenters. The van der Waals surface area contributed by atoms with E-state index in [2.05, 4.69) is 5.32 Å². The number of hydrogen-bond acceptors (Lipinski definition) is 4. The average molecular weight is 419 g/mol. The van der Waals surface area contributed by atoms with Crippen molar-refractivity contribution in [1.29, 1.82) is 0 Å². The van der Waals surface area contributed by atoms with Gasteiger partial charge in [0.2, 0.25) is 15.9 Å². The molecule has 7 heteroatoms. The number of nitrogens with one attached hydrogen (secondary N) is 1. The van der Waals surface area contributed by atoms with Crippen molar-refractivity contribution in [2.75, 3.05) is 24.2 Å². The van der Waals surface area contributed by atoms with Crippen LogP contribution < -0.4 is 14.4 Å². The van der Waals surface area contributed by atoms with Gasteiger partial charge in [0.1, 0.15) is 11.8 Å². The molecule has 0 fully saturated rings. The first-order chi connectivity index (χ1) is 13.7. The molecule has 1 N–H and O–H groups in total. The Kier molecular flexibility index (Phi) is 7.67. The van der Waals surface area contributed by atoms with Gasteiger partial charge in [-0.2, -0.15) is 0 Å². The van der Waals surface area contributed by atoms with Gasteiger partial charge in [-0.25, -0.2) is 8.42 Å². The molecule has 0 unspecified atom stereocenters. The Morgan fingerprint density at radius 1 is 1.14 bits per heavy atom. The van der Waals surface area contributed by atoms with Crippen LogP contribution in [0, 0.1) is 13.8 Å². The third-order valence-electron chi connectivity index (χ3n) is 4.80. The van der Waals surface area contributed by atoms with E-state index >= 15 is 0 Å². The number of amides is 1. The van der Waals surface area contributed by atoms with Crippen molar-refractivity contribution >= 4 is 21.6 Å². The fourth-order valence-electron chi connectivity index (χ4n) is 3.23. The zero-order valence-electron chi connectivity index (χ0n) is 17.7. The molecule has 158 valence electrons. The summed E-state index contributed by atoms with van der Waals surface area (Å²) in [5.74, 6) is 0.480. The largest absolute Gasteiger partial charge is 0.497 e. The van der Waals surface area contributed by atoms with E-state index in [4.69, 9.17) is 4.74 Å². The van der Waals surface area contributed by atoms with Gasteiger partial charge in [0.15, 0.2) is 0 Å². The molecule has 0 saturated heterocycles. The number of carbonyl (C=O) groups excluding carboxylic acids is 1. The predicted octanol–water partition coefficient (Wildman–Crippen LogP) is 3.22. The maximum Gasteiger partial charge on any atom is 0.243 e. The van der Waals surface area contributed by atoms with Crippen molar-refractivity contribution < 1.29 is 17.9 Å². The molecule has 0 aliphatic heterocycles. The fraction of sp³-hybridized carbons (Fsp3) is 0.409. The van der Waals surface area contributed by atoms with Gasteiger partial charge in [-0.05, 0) is 61.6 Å². The van der Waals surface area contributed by atoms with Gasteiger partial charge in [-0.15, -0.1) is 0 Å². The molecule has 29 heavy (non-hydrogen) atoms. The number of anilines is 1. The third kappa shape index (κ3) is 5.97. The van der Waals surface area contributed by atoms with Gasteiger partial charge >= 0.3 is 0 Å². The number of hydrogen-bond donors (Lipinski definition) is 1. The molecular formula is C22H30N2O4S. The maximum atomic E-state index is 12.9. The lowest BCUT2D eigenvalue weighted by Crippen LogP contribution is -2.49. The average Bonchev–Trinajstić information content (AvgIpc) is 2.67. The van der Waals surface area contributed by atoms with E-state index < -0.39 is 16.1 Å². The Morgan fingerprint density at radius 2 is 1.79 bits per heavy atom. The summed E-state index contributed by atoms with van der Waals surface area (Å²) >= 11 is 0. The highest BCUT2D eigenvalue weighted by molar-refractivity contribution is 7.92. The molecule has 2 rings (SSSR count). The number of sulfonamides is 1. The minimum absolute atomic E-state index is 0.299. The monoisotopic (exact) mass is 418 g/mol. The van der Waals surface area contributed by atoms with Crippen LogP contribution >= 0.6 is 0 Å². The highest BCUT2D eigenvalue weighted by Gasteiger charge is 2.32. The minimum Gasteiger partial charge on any atom is -0.497 e. The first kappa shape index (κ1) is 22.7.